The lowest BCUT2D eigenvalue weighted by molar-refractivity contribution is 0.531. The van der Waals surface area contributed by atoms with Gasteiger partial charge in [0.2, 0.25) is 0 Å². The molecule has 2 nitrogen and oxygen atoms in total. The Labute approximate surface area is 111 Å². The van der Waals surface area contributed by atoms with Gasteiger partial charge in [0.25, 0.3) is 0 Å². The minimum atomic E-state index is 0.575. The number of hydrogen-bond donors (Lipinski definition) is 2. The van der Waals surface area contributed by atoms with Gasteiger partial charge in [-0.1, -0.05) is 25.5 Å². The van der Waals surface area contributed by atoms with E-state index in [2.05, 4.69) is 42.7 Å². The van der Waals surface area contributed by atoms with E-state index in [-0.39, 0.29) is 0 Å². The molecule has 0 aromatic heterocycles. The summed E-state index contributed by atoms with van der Waals surface area (Å²) in [5.74, 6) is 0. The number of fused-ring (bicyclic) bond motifs is 1. The Hall–Kier alpha value is -1.02. The Morgan fingerprint density at radius 3 is 3.11 bits per heavy atom. The standard InChI is InChI=1S/C16H26N2/c1-3-4-9-17-13(2)11-14-7-8-16-15(12-14)6-5-10-18-16/h7-8,12-13,17-18H,3-6,9-11H2,1-2H3. The summed E-state index contributed by atoms with van der Waals surface area (Å²) in [6, 6.07) is 7.49. The van der Waals surface area contributed by atoms with Crippen molar-refractivity contribution < 1.29 is 0 Å². The highest BCUT2D eigenvalue weighted by molar-refractivity contribution is 5.54. The second-order valence-corrected chi connectivity index (χ2v) is 5.43. The molecule has 18 heavy (non-hydrogen) atoms. The van der Waals surface area contributed by atoms with Crippen molar-refractivity contribution in [3.05, 3.63) is 29.3 Å². The molecule has 0 bridgehead atoms. The molecule has 2 N–H and O–H groups in total. The molecule has 100 valence electrons. The first-order chi connectivity index (χ1) is 8.79. The predicted octanol–water partition coefficient (Wildman–Crippen LogP) is 3.37. The van der Waals surface area contributed by atoms with Crippen molar-refractivity contribution in [2.75, 3.05) is 18.4 Å². The predicted molar refractivity (Wildman–Crippen MR) is 79.3 cm³/mol. The summed E-state index contributed by atoms with van der Waals surface area (Å²) >= 11 is 0. The van der Waals surface area contributed by atoms with Crippen molar-refractivity contribution >= 4 is 5.69 Å². The van der Waals surface area contributed by atoms with Crippen LogP contribution in [0.3, 0.4) is 0 Å². The summed E-state index contributed by atoms with van der Waals surface area (Å²) in [6.45, 7) is 6.79. The third-order valence-corrected chi connectivity index (χ3v) is 3.67. The molecule has 0 aliphatic carbocycles. The fourth-order valence-corrected chi connectivity index (χ4v) is 2.61. The van der Waals surface area contributed by atoms with Gasteiger partial charge in [0.1, 0.15) is 0 Å². The number of hydrogen-bond acceptors (Lipinski definition) is 2. The zero-order valence-electron chi connectivity index (χ0n) is 11.8. The summed E-state index contributed by atoms with van der Waals surface area (Å²) in [5.41, 5.74) is 4.31. The normalized spacial score (nSPS) is 15.9. The number of benzene rings is 1. The lowest BCUT2D eigenvalue weighted by atomic mass is 9.98. The molecule has 1 aliphatic heterocycles. The van der Waals surface area contributed by atoms with Gasteiger partial charge in [0, 0.05) is 18.3 Å². The molecule has 0 saturated carbocycles. The molecule has 0 amide bonds. The molecule has 1 heterocycles. The van der Waals surface area contributed by atoms with E-state index in [1.54, 1.807) is 0 Å². The highest BCUT2D eigenvalue weighted by Crippen LogP contribution is 2.23. The van der Waals surface area contributed by atoms with Crippen LogP contribution in [0.2, 0.25) is 0 Å². The van der Waals surface area contributed by atoms with Gasteiger partial charge in [-0.15, -0.1) is 0 Å². The molecular weight excluding hydrogens is 220 g/mol. The summed E-state index contributed by atoms with van der Waals surface area (Å²) in [5, 5.41) is 7.07. The van der Waals surface area contributed by atoms with E-state index in [0.717, 1.165) is 19.5 Å². The van der Waals surface area contributed by atoms with Crippen LogP contribution in [0.4, 0.5) is 5.69 Å². The zero-order chi connectivity index (χ0) is 12.8. The summed E-state index contributed by atoms with van der Waals surface area (Å²) in [4.78, 5) is 0. The fourth-order valence-electron chi connectivity index (χ4n) is 2.61. The van der Waals surface area contributed by atoms with E-state index in [0.29, 0.717) is 6.04 Å². The average Bonchev–Trinajstić information content (AvgIpc) is 2.39. The number of rotatable bonds is 6. The van der Waals surface area contributed by atoms with Crippen molar-refractivity contribution in [3.63, 3.8) is 0 Å². The molecule has 1 unspecified atom stereocenters. The second-order valence-electron chi connectivity index (χ2n) is 5.43. The van der Waals surface area contributed by atoms with Crippen molar-refractivity contribution in [2.24, 2.45) is 0 Å². The van der Waals surface area contributed by atoms with Crippen molar-refractivity contribution in [3.8, 4) is 0 Å². The third kappa shape index (κ3) is 3.74. The zero-order valence-corrected chi connectivity index (χ0v) is 11.8. The van der Waals surface area contributed by atoms with E-state index in [1.807, 2.05) is 0 Å². The number of nitrogens with one attached hydrogen (secondary N) is 2. The van der Waals surface area contributed by atoms with Crippen LogP contribution in [0.15, 0.2) is 18.2 Å². The number of anilines is 1. The van der Waals surface area contributed by atoms with E-state index in [9.17, 15) is 0 Å². The topological polar surface area (TPSA) is 24.1 Å². The molecule has 1 aliphatic rings. The second kappa shape index (κ2) is 6.79. The van der Waals surface area contributed by atoms with E-state index in [4.69, 9.17) is 0 Å². The molecule has 1 aromatic rings. The SMILES string of the molecule is CCCCNC(C)Cc1ccc2c(c1)CCCN2. The molecule has 0 radical (unpaired) electrons. The molecule has 1 aromatic carbocycles. The number of aryl methyl sites for hydroxylation is 1. The maximum atomic E-state index is 3.60. The van der Waals surface area contributed by atoms with Gasteiger partial charge in [-0.25, -0.2) is 0 Å². The van der Waals surface area contributed by atoms with Crippen molar-refractivity contribution in [2.45, 2.75) is 52.0 Å². The summed E-state index contributed by atoms with van der Waals surface area (Å²) in [6.07, 6.45) is 6.17. The first-order valence-corrected chi connectivity index (χ1v) is 7.38. The van der Waals surface area contributed by atoms with Gasteiger partial charge >= 0.3 is 0 Å². The van der Waals surface area contributed by atoms with Crippen LogP contribution >= 0.6 is 0 Å². The Kier molecular flexibility index (Phi) is 5.06. The maximum Gasteiger partial charge on any atom is 0.0372 e. The van der Waals surface area contributed by atoms with Crippen LogP contribution in [0.1, 0.15) is 44.2 Å². The lowest BCUT2D eigenvalue weighted by Crippen LogP contribution is -2.29. The van der Waals surface area contributed by atoms with Crippen LogP contribution in [0, 0.1) is 0 Å². The van der Waals surface area contributed by atoms with E-state index in [1.165, 1.54) is 42.5 Å². The monoisotopic (exact) mass is 246 g/mol. The molecule has 0 saturated heterocycles. The largest absolute Gasteiger partial charge is 0.385 e. The van der Waals surface area contributed by atoms with Crippen LogP contribution in [0.5, 0.6) is 0 Å². The minimum absolute atomic E-state index is 0.575. The smallest absolute Gasteiger partial charge is 0.0372 e. The van der Waals surface area contributed by atoms with Gasteiger partial charge in [-0.05, 0) is 56.3 Å². The Bertz CT molecular complexity index is 373. The first-order valence-electron chi connectivity index (χ1n) is 7.38. The molecular formula is C16H26N2. The Morgan fingerprint density at radius 1 is 1.39 bits per heavy atom. The molecule has 2 rings (SSSR count). The lowest BCUT2D eigenvalue weighted by Gasteiger charge is -2.20. The third-order valence-electron chi connectivity index (χ3n) is 3.67. The van der Waals surface area contributed by atoms with Gasteiger partial charge in [0.05, 0.1) is 0 Å². The molecule has 0 fully saturated rings. The Balaban J connectivity index is 1.89. The summed E-state index contributed by atoms with van der Waals surface area (Å²) < 4.78 is 0. The van der Waals surface area contributed by atoms with Gasteiger partial charge in [-0.2, -0.15) is 0 Å². The molecule has 0 spiro atoms. The fraction of sp³-hybridized carbons (Fsp3) is 0.625. The van der Waals surface area contributed by atoms with E-state index < -0.39 is 0 Å². The van der Waals surface area contributed by atoms with Crippen molar-refractivity contribution in [1.82, 2.24) is 5.32 Å². The number of unbranched alkanes of at least 4 members (excludes halogenated alkanes) is 1. The maximum absolute atomic E-state index is 3.60. The summed E-state index contributed by atoms with van der Waals surface area (Å²) in [7, 11) is 0. The average molecular weight is 246 g/mol. The quantitative estimate of drug-likeness (QED) is 0.752. The van der Waals surface area contributed by atoms with Crippen LogP contribution in [-0.2, 0) is 12.8 Å². The first kappa shape index (κ1) is 13.4. The molecule has 1 atom stereocenters. The van der Waals surface area contributed by atoms with Crippen molar-refractivity contribution in [1.29, 1.82) is 0 Å². The van der Waals surface area contributed by atoms with Gasteiger partial charge in [0.15, 0.2) is 0 Å². The van der Waals surface area contributed by atoms with E-state index >= 15 is 0 Å². The minimum Gasteiger partial charge on any atom is -0.385 e. The van der Waals surface area contributed by atoms with Crippen LogP contribution in [0.25, 0.3) is 0 Å². The van der Waals surface area contributed by atoms with Crippen LogP contribution < -0.4 is 10.6 Å². The van der Waals surface area contributed by atoms with Crippen LogP contribution in [-0.4, -0.2) is 19.1 Å². The Morgan fingerprint density at radius 2 is 2.28 bits per heavy atom. The van der Waals surface area contributed by atoms with Gasteiger partial charge < -0.3 is 10.6 Å². The van der Waals surface area contributed by atoms with Gasteiger partial charge in [-0.3, -0.25) is 0 Å². The molecule has 2 heteroatoms. The highest BCUT2D eigenvalue weighted by atomic mass is 14.9. The highest BCUT2D eigenvalue weighted by Gasteiger charge is 2.10.